The van der Waals surface area contributed by atoms with Crippen LogP contribution in [0.5, 0.6) is 5.88 Å². The quantitative estimate of drug-likeness (QED) is 0.842. The average Bonchev–Trinajstić information content (AvgIpc) is 2.68. The Kier molecular flexibility index (Phi) is 5.26. The van der Waals surface area contributed by atoms with Gasteiger partial charge in [-0.05, 0) is 19.1 Å². The lowest BCUT2D eigenvalue weighted by Crippen LogP contribution is -2.49. The van der Waals surface area contributed by atoms with Crippen LogP contribution in [0.1, 0.15) is 27.8 Å². The highest BCUT2D eigenvalue weighted by Gasteiger charge is 2.27. The van der Waals surface area contributed by atoms with Crippen molar-refractivity contribution in [2.75, 3.05) is 37.7 Å². The number of nitrogens with zero attached hydrogens (tertiary/aromatic N) is 5. The van der Waals surface area contributed by atoms with Gasteiger partial charge < -0.3 is 19.6 Å². The highest BCUT2D eigenvalue weighted by atomic mass is 16.5. The monoisotopic (exact) mass is 357 g/mol. The second-order valence-electron chi connectivity index (χ2n) is 5.61. The van der Waals surface area contributed by atoms with Gasteiger partial charge in [0.1, 0.15) is 5.69 Å². The molecule has 0 atom stereocenters. The third-order valence-corrected chi connectivity index (χ3v) is 4.00. The van der Waals surface area contributed by atoms with Crippen molar-refractivity contribution in [3.8, 4) is 5.88 Å². The van der Waals surface area contributed by atoms with E-state index in [1.54, 1.807) is 17.2 Å². The molecule has 2 aromatic rings. The first-order valence-electron chi connectivity index (χ1n) is 8.28. The SMILES string of the molecule is CCOc1ccnc(N2CCN(C(=O)c3ncccc3C(=O)O)CC2)n1. The first-order valence-corrected chi connectivity index (χ1v) is 8.28. The first-order chi connectivity index (χ1) is 12.6. The molecule has 26 heavy (non-hydrogen) atoms. The molecule has 9 nitrogen and oxygen atoms in total. The van der Waals surface area contributed by atoms with Crippen molar-refractivity contribution in [1.29, 1.82) is 0 Å². The van der Waals surface area contributed by atoms with Gasteiger partial charge in [0, 0.05) is 44.6 Å². The summed E-state index contributed by atoms with van der Waals surface area (Å²) in [5.74, 6) is -0.490. The van der Waals surface area contributed by atoms with Gasteiger partial charge in [-0.1, -0.05) is 0 Å². The number of aromatic carboxylic acids is 1. The summed E-state index contributed by atoms with van der Waals surface area (Å²) in [6, 6.07) is 4.58. The van der Waals surface area contributed by atoms with E-state index in [0.717, 1.165) is 0 Å². The van der Waals surface area contributed by atoms with Crippen molar-refractivity contribution in [2.24, 2.45) is 0 Å². The Labute approximate surface area is 150 Å². The lowest BCUT2D eigenvalue weighted by atomic mass is 10.1. The number of pyridine rings is 1. The third kappa shape index (κ3) is 3.71. The molecule has 1 aliphatic rings. The van der Waals surface area contributed by atoms with Crippen molar-refractivity contribution in [1.82, 2.24) is 19.9 Å². The number of hydrogen-bond donors (Lipinski definition) is 1. The van der Waals surface area contributed by atoms with Gasteiger partial charge in [-0.25, -0.2) is 9.78 Å². The van der Waals surface area contributed by atoms with Crippen molar-refractivity contribution in [2.45, 2.75) is 6.92 Å². The molecule has 2 aromatic heterocycles. The normalized spacial score (nSPS) is 14.2. The molecule has 1 saturated heterocycles. The van der Waals surface area contributed by atoms with Crippen molar-refractivity contribution in [3.63, 3.8) is 0 Å². The van der Waals surface area contributed by atoms with Crippen molar-refractivity contribution >= 4 is 17.8 Å². The fourth-order valence-electron chi connectivity index (χ4n) is 2.72. The molecule has 0 aliphatic carbocycles. The molecule has 0 unspecified atom stereocenters. The van der Waals surface area contributed by atoms with Gasteiger partial charge in [0.2, 0.25) is 11.8 Å². The molecule has 9 heteroatoms. The highest BCUT2D eigenvalue weighted by Crippen LogP contribution is 2.16. The van der Waals surface area contributed by atoms with Crippen LogP contribution >= 0.6 is 0 Å². The zero-order valence-corrected chi connectivity index (χ0v) is 14.3. The van der Waals surface area contributed by atoms with E-state index in [-0.39, 0.29) is 17.2 Å². The molecule has 1 N–H and O–H groups in total. The molecule has 1 amide bonds. The number of anilines is 1. The number of hydrogen-bond acceptors (Lipinski definition) is 7. The van der Waals surface area contributed by atoms with Crippen LogP contribution in [0.3, 0.4) is 0 Å². The summed E-state index contributed by atoms with van der Waals surface area (Å²) < 4.78 is 5.38. The molecule has 3 rings (SSSR count). The second-order valence-corrected chi connectivity index (χ2v) is 5.61. The number of carboxylic acids is 1. The van der Waals surface area contributed by atoms with Crippen LogP contribution in [0.2, 0.25) is 0 Å². The molecule has 1 aliphatic heterocycles. The standard InChI is InChI=1S/C17H19N5O4/c1-2-26-13-5-7-19-17(20-13)22-10-8-21(9-11-22)15(23)14-12(16(24)25)4-3-6-18-14/h3-7H,2,8-11H2,1H3,(H,24,25). The molecular weight excluding hydrogens is 338 g/mol. The number of ether oxygens (including phenoxy) is 1. The van der Waals surface area contributed by atoms with Gasteiger partial charge in [0.15, 0.2) is 0 Å². The third-order valence-electron chi connectivity index (χ3n) is 4.00. The van der Waals surface area contributed by atoms with Gasteiger partial charge in [0.25, 0.3) is 5.91 Å². The van der Waals surface area contributed by atoms with E-state index in [2.05, 4.69) is 15.0 Å². The van der Waals surface area contributed by atoms with Crippen LogP contribution in [0.15, 0.2) is 30.6 Å². The fourth-order valence-corrected chi connectivity index (χ4v) is 2.72. The summed E-state index contributed by atoms with van der Waals surface area (Å²) >= 11 is 0. The van der Waals surface area contributed by atoms with Gasteiger partial charge >= 0.3 is 5.97 Å². The van der Waals surface area contributed by atoms with E-state index < -0.39 is 5.97 Å². The van der Waals surface area contributed by atoms with Crippen LogP contribution < -0.4 is 9.64 Å². The number of aromatic nitrogens is 3. The first kappa shape index (κ1) is 17.6. The summed E-state index contributed by atoms with van der Waals surface area (Å²) in [4.78, 5) is 40.0. The van der Waals surface area contributed by atoms with Gasteiger partial charge in [-0.15, -0.1) is 0 Å². The Hall–Kier alpha value is -3.23. The average molecular weight is 357 g/mol. The lowest BCUT2D eigenvalue weighted by molar-refractivity contribution is 0.0669. The van der Waals surface area contributed by atoms with E-state index in [1.165, 1.54) is 18.3 Å². The molecule has 3 heterocycles. The predicted molar refractivity (Wildman–Crippen MR) is 92.5 cm³/mol. The molecular formula is C17H19N5O4. The molecule has 136 valence electrons. The van der Waals surface area contributed by atoms with Gasteiger partial charge in [-0.2, -0.15) is 4.98 Å². The topological polar surface area (TPSA) is 109 Å². The maximum absolute atomic E-state index is 12.6. The number of piperazine rings is 1. The number of carbonyl (C=O) groups is 2. The molecule has 0 saturated carbocycles. The Bertz CT molecular complexity index is 805. The summed E-state index contributed by atoms with van der Waals surface area (Å²) in [7, 11) is 0. The van der Waals surface area contributed by atoms with Crippen LogP contribution in [-0.4, -0.2) is 69.6 Å². The van der Waals surface area contributed by atoms with Crippen LogP contribution in [0.4, 0.5) is 5.95 Å². The summed E-state index contributed by atoms with van der Waals surface area (Å²) in [5, 5.41) is 9.23. The zero-order valence-electron chi connectivity index (χ0n) is 14.3. The fraction of sp³-hybridized carbons (Fsp3) is 0.353. The molecule has 0 bridgehead atoms. The Morgan fingerprint density at radius 1 is 1.15 bits per heavy atom. The lowest BCUT2D eigenvalue weighted by Gasteiger charge is -2.34. The second kappa shape index (κ2) is 7.77. The van der Waals surface area contributed by atoms with Gasteiger partial charge in [0.05, 0.1) is 12.2 Å². The minimum Gasteiger partial charge on any atom is -0.478 e. The van der Waals surface area contributed by atoms with E-state index in [9.17, 15) is 14.7 Å². The van der Waals surface area contributed by atoms with E-state index in [0.29, 0.717) is 44.6 Å². The maximum Gasteiger partial charge on any atom is 0.338 e. The van der Waals surface area contributed by atoms with E-state index in [1.807, 2.05) is 11.8 Å². The molecule has 0 radical (unpaired) electrons. The van der Waals surface area contributed by atoms with E-state index in [4.69, 9.17) is 4.74 Å². The van der Waals surface area contributed by atoms with Crippen molar-refractivity contribution in [3.05, 3.63) is 41.9 Å². The van der Waals surface area contributed by atoms with E-state index >= 15 is 0 Å². The number of amides is 1. The zero-order chi connectivity index (χ0) is 18.5. The summed E-state index contributed by atoms with van der Waals surface area (Å²) in [6.45, 7) is 4.34. The number of carboxylic acid groups (broad SMARTS) is 1. The molecule has 1 fully saturated rings. The van der Waals surface area contributed by atoms with Gasteiger partial charge in [-0.3, -0.25) is 9.78 Å². The Balaban J connectivity index is 1.68. The van der Waals surface area contributed by atoms with Crippen LogP contribution in [0, 0.1) is 0 Å². The smallest absolute Gasteiger partial charge is 0.338 e. The molecule has 0 spiro atoms. The van der Waals surface area contributed by atoms with Crippen molar-refractivity contribution < 1.29 is 19.4 Å². The largest absolute Gasteiger partial charge is 0.478 e. The minimum absolute atomic E-state index is 0.0388. The number of rotatable bonds is 5. The van der Waals surface area contributed by atoms with Crippen LogP contribution in [-0.2, 0) is 0 Å². The Morgan fingerprint density at radius 3 is 2.62 bits per heavy atom. The summed E-state index contributed by atoms with van der Waals surface area (Å²) in [5.41, 5.74) is -0.129. The van der Waals surface area contributed by atoms with Crippen LogP contribution in [0.25, 0.3) is 0 Å². The Morgan fingerprint density at radius 2 is 1.92 bits per heavy atom. The maximum atomic E-state index is 12.6. The number of carbonyl (C=O) groups excluding carboxylic acids is 1. The molecule has 0 aromatic carbocycles. The minimum atomic E-state index is -1.17. The highest BCUT2D eigenvalue weighted by molar-refractivity contribution is 6.03. The summed E-state index contributed by atoms with van der Waals surface area (Å²) in [6.07, 6.45) is 3.06. The predicted octanol–water partition coefficient (Wildman–Crippen LogP) is 0.931.